The summed E-state index contributed by atoms with van der Waals surface area (Å²) >= 11 is 0. The van der Waals surface area contributed by atoms with Crippen LogP contribution in [-0.4, -0.2) is 20.0 Å². The average molecular weight is 319 g/mol. The van der Waals surface area contributed by atoms with E-state index in [9.17, 15) is 5.26 Å². The van der Waals surface area contributed by atoms with E-state index in [1.807, 2.05) is 37.2 Å². The lowest BCUT2D eigenvalue weighted by atomic mass is 9.78. The van der Waals surface area contributed by atoms with Gasteiger partial charge in [-0.1, -0.05) is 24.3 Å². The molecule has 1 N–H and O–H groups in total. The zero-order valence-electron chi connectivity index (χ0n) is 14.4. The molecule has 1 heterocycles. The Kier molecular flexibility index (Phi) is 4.02. The molecule has 3 rings (SSSR count). The van der Waals surface area contributed by atoms with Crippen molar-refractivity contribution in [3.8, 4) is 11.8 Å². The van der Waals surface area contributed by atoms with Crippen LogP contribution in [-0.2, 0) is 0 Å². The Bertz CT molecular complexity index is 848. The van der Waals surface area contributed by atoms with Crippen molar-refractivity contribution in [1.82, 2.24) is 0 Å². The van der Waals surface area contributed by atoms with Crippen molar-refractivity contribution >= 4 is 11.6 Å². The standard InChI is InChI=1S/C20H21N3O/c1-12-5-6-14(9-13(12)2)19-16-8-7-15(23(3)4)10-18(16)24-20(22)17(19)11-21/h5-10,17,19,22H,1-4H3. The second-order valence-electron chi connectivity index (χ2n) is 6.51. The van der Waals surface area contributed by atoms with Gasteiger partial charge in [0.2, 0.25) is 5.90 Å². The molecular formula is C20H21N3O. The number of hydrogen-bond acceptors (Lipinski definition) is 4. The number of hydrogen-bond donors (Lipinski definition) is 1. The van der Waals surface area contributed by atoms with Crippen molar-refractivity contribution in [3.05, 3.63) is 58.7 Å². The summed E-state index contributed by atoms with van der Waals surface area (Å²) in [6.45, 7) is 4.14. The minimum absolute atomic E-state index is 0.0177. The van der Waals surface area contributed by atoms with Crippen LogP contribution in [0.2, 0.25) is 0 Å². The lowest BCUT2D eigenvalue weighted by Gasteiger charge is -2.31. The molecule has 0 aliphatic carbocycles. The second kappa shape index (κ2) is 6.01. The van der Waals surface area contributed by atoms with Gasteiger partial charge in [-0.15, -0.1) is 0 Å². The lowest BCUT2D eigenvalue weighted by Crippen LogP contribution is -2.31. The highest BCUT2D eigenvalue weighted by Gasteiger charge is 2.37. The summed E-state index contributed by atoms with van der Waals surface area (Å²) in [5.74, 6) is -0.100. The Morgan fingerprint density at radius 3 is 2.46 bits per heavy atom. The number of aryl methyl sites for hydroxylation is 2. The van der Waals surface area contributed by atoms with E-state index in [0.29, 0.717) is 5.75 Å². The van der Waals surface area contributed by atoms with E-state index in [2.05, 4.69) is 38.1 Å². The largest absolute Gasteiger partial charge is 0.442 e. The Labute approximate surface area is 142 Å². The maximum Gasteiger partial charge on any atom is 0.205 e. The van der Waals surface area contributed by atoms with Crippen molar-refractivity contribution in [1.29, 1.82) is 10.7 Å². The Morgan fingerprint density at radius 2 is 1.83 bits per heavy atom. The molecular weight excluding hydrogens is 298 g/mol. The molecule has 0 spiro atoms. The molecule has 0 amide bonds. The first-order chi connectivity index (χ1) is 11.4. The maximum atomic E-state index is 9.61. The van der Waals surface area contributed by atoms with Gasteiger partial charge in [-0.25, -0.2) is 0 Å². The fraction of sp³-hybridized carbons (Fsp3) is 0.300. The Balaban J connectivity index is 2.17. The smallest absolute Gasteiger partial charge is 0.205 e. The predicted molar refractivity (Wildman–Crippen MR) is 96.0 cm³/mol. The lowest BCUT2D eigenvalue weighted by molar-refractivity contribution is 0.450. The Morgan fingerprint density at radius 1 is 1.08 bits per heavy atom. The van der Waals surface area contributed by atoms with Crippen LogP contribution >= 0.6 is 0 Å². The third kappa shape index (κ3) is 2.63. The van der Waals surface area contributed by atoms with Crippen molar-refractivity contribution in [2.75, 3.05) is 19.0 Å². The maximum absolute atomic E-state index is 9.61. The summed E-state index contributed by atoms with van der Waals surface area (Å²) in [5, 5.41) is 17.8. The molecule has 4 heteroatoms. The molecule has 0 saturated heterocycles. The van der Waals surface area contributed by atoms with Crippen molar-refractivity contribution in [2.24, 2.45) is 5.92 Å². The van der Waals surface area contributed by atoms with Crippen molar-refractivity contribution in [3.63, 3.8) is 0 Å². The van der Waals surface area contributed by atoms with Gasteiger partial charge in [0.05, 0.1) is 6.07 Å². The molecule has 2 aromatic rings. The van der Waals surface area contributed by atoms with Crippen LogP contribution in [0.5, 0.6) is 5.75 Å². The molecule has 0 fully saturated rings. The van der Waals surface area contributed by atoms with Crippen LogP contribution in [0.4, 0.5) is 5.69 Å². The fourth-order valence-electron chi connectivity index (χ4n) is 3.12. The minimum atomic E-state index is -0.607. The number of nitrogens with one attached hydrogen (secondary N) is 1. The topological polar surface area (TPSA) is 60.1 Å². The summed E-state index contributed by atoms with van der Waals surface area (Å²) < 4.78 is 5.67. The fourth-order valence-corrected chi connectivity index (χ4v) is 3.12. The summed E-state index contributed by atoms with van der Waals surface area (Å²) in [5.41, 5.74) is 5.44. The monoisotopic (exact) mass is 319 g/mol. The van der Waals surface area contributed by atoms with E-state index in [-0.39, 0.29) is 11.8 Å². The van der Waals surface area contributed by atoms with Crippen LogP contribution in [0, 0.1) is 36.5 Å². The number of nitrogens with zero attached hydrogens (tertiary/aromatic N) is 2. The van der Waals surface area contributed by atoms with Gasteiger partial charge >= 0.3 is 0 Å². The number of rotatable bonds is 2. The SMILES string of the molecule is Cc1ccc(C2c3ccc(N(C)C)cc3OC(=N)C2C#N)cc1C. The molecule has 2 atom stereocenters. The van der Waals surface area contributed by atoms with Crippen LogP contribution in [0.3, 0.4) is 0 Å². The molecule has 4 nitrogen and oxygen atoms in total. The normalized spacial score (nSPS) is 19.2. The number of fused-ring (bicyclic) bond motifs is 1. The van der Waals surface area contributed by atoms with Crippen molar-refractivity contribution < 1.29 is 4.74 Å². The van der Waals surface area contributed by atoms with Crippen LogP contribution in [0.25, 0.3) is 0 Å². The highest BCUT2D eigenvalue weighted by molar-refractivity contribution is 5.85. The van der Waals surface area contributed by atoms with Gasteiger partial charge in [0.25, 0.3) is 0 Å². The third-order valence-electron chi connectivity index (χ3n) is 4.71. The Hall–Kier alpha value is -2.80. The molecule has 0 radical (unpaired) electrons. The van der Waals surface area contributed by atoms with E-state index in [0.717, 1.165) is 16.8 Å². The summed E-state index contributed by atoms with van der Waals surface area (Å²) in [6, 6.07) is 14.5. The molecule has 0 aromatic heterocycles. The number of anilines is 1. The van der Waals surface area contributed by atoms with E-state index in [4.69, 9.17) is 10.1 Å². The molecule has 122 valence electrons. The zero-order chi connectivity index (χ0) is 17.4. The molecule has 2 unspecified atom stereocenters. The molecule has 1 aliphatic heterocycles. The van der Waals surface area contributed by atoms with E-state index >= 15 is 0 Å². The van der Waals surface area contributed by atoms with E-state index in [1.165, 1.54) is 11.1 Å². The van der Waals surface area contributed by atoms with E-state index < -0.39 is 5.92 Å². The van der Waals surface area contributed by atoms with Crippen molar-refractivity contribution in [2.45, 2.75) is 19.8 Å². The predicted octanol–water partition coefficient (Wildman–Crippen LogP) is 4.01. The van der Waals surface area contributed by atoms with Gasteiger partial charge in [0.15, 0.2) is 0 Å². The summed E-state index contributed by atoms with van der Waals surface area (Å²) in [4.78, 5) is 1.99. The van der Waals surface area contributed by atoms with Crippen LogP contribution < -0.4 is 9.64 Å². The third-order valence-corrected chi connectivity index (χ3v) is 4.71. The highest BCUT2D eigenvalue weighted by Crippen LogP contribution is 2.43. The van der Waals surface area contributed by atoms with Crippen LogP contribution in [0.1, 0.15) is 28.2 Å². The summed E-state index contributed by atoms with van der Waals surface area (Å²) in [6.07, 6.45) is 0. The first kappa shape index (κ1) is 16.1. The highest BCUT2D eigenvalue weighted by atomic mass is 16.5. The second-order valence-corrected chi connectivity index (χ2v) is 6.51. The van der Waals surface area contributed by atoms with Gasteiger partial charge < -0.3 is 9.64 Å². The average Bonchev–Trinajstić information content (AvgIpc) is 2.55. The van der Waals surface area contributed by atoms with Gasteiger partial charge in [-0.2, -0.15) is 5.26 Å². The van der Waals surface area contributed by atoms with Gasteiger partial charge in [-0.3, -0.25) is 5.41 Å². The molecule has 2 aromatic carbocycles. The van der Waals surface area contributed by atoms with Gasteiger partial charge in [-0.05, 0) is 36.6 Å². The zero-order valence-corrected chi connectivity index (χ0v) is 14.4. The first-order valence-electron chi connectivity index (χ1n) is 7.96. The van der Waals surface area contributed by atoms with Crippen LogP contribution in [0.15, 0.2) is 36.4 Å². The summed E-state index contributed by atoms with van der Waals surface area (Å²) in [7, 11) is 3.93. The molecule has 24 heavy (non-hydrogen) atoms. The first-order valence-corrected chi connectivity index (χ1v) is 7.96. The number of nitriles is 1. The number of ether oxygens (including phenoxy) is 1. The number of benzene rings is 2. The van der Waals surface area contributed by atoms with Gasteiger partial charge in [0, 0.05) is 37.3 Å². The molecule has 0 saturated carbocycles. The van der Waals surface area contributed by atoms with Gasteiger partial charge in [0.1, 0.15) is 11.7 Å². The van der Waals surface area contributed by atoms with E-state index in [1.54, 1.807) is 0 Å². The minimum Gasteiger partial charge on any atom is -0.442 e. The molecule has 0 bridgehead atoms. The molecule has 1 aliphatic rings. The quantitative estimate of drug-likeness (QED) is 0.909.